The van der Waals surface area contributed by atoms with Gasteiger partial charge in [-0.2, -0.15) is 4.98 Å². The molecule has 2 aromatic heterocycles. The van der Waals surface area contributed by atoms with Crippen LogP contribution in [0.3, 0.4) is 0 Å². The summed E-state index contributed by atoms with van der Waals surface area (Å²) in [5.41, 5.74) is 4.81. The van der Waals surface area contributed by atoms with Gasteiger partial charge in [-0.25, -0.2) is 0 Å². The Balaban J connectivity index is 1.57. The third kappa shape index (κ3) is 3.35. The van der Waals surface area contributed by atoms with Crippen molar-refractivity contribution in [1.29, 1.82) is 0 Å². The number of fused-ring (bicyclic) bond motifs is 1. The molecule has 25 heavy (non-hydrogen) atoms. The van der Waals surface area contributed by atoms with Crippen LogP contribution in [0.1, 0.15) is 11.3 Å². The Morgan fingerprint density at radius 1 is 1.24 bits per heavy atom. The highest BCUT2D eigenvalue weighted by Crippen LogP contribution is 2.25. The lowest BCUT2D eigenvalue weighted by molar-refractivity contribution is 0.122. The summed E-state index contributed by atoms with van der Waals surface area (Å²) in [6, 6.07) is 9.73. The smallest absolute Gasteiger partial charge is 0.322 e. The standard InChI is InChI=1S/C18H20N4O2S/c1-13-16(19-7-6-17(13)22-8-10-24-11-9-22)12-25(23)18-20-14-4-2-3-5-15(14)21-18/h2-7H,8-12H2,1H3,(H,20,21). The van der Waals surface area contributed by atoms with E-state index in [9.17, 15) is 4.55 Å². The molecule has 0 amide bonds. The fourth-order valence-corrected chi connectivity index (χ4v) is 4.19. The van der Waals surface area contributed by atoms with E-state index in [1.807, 2.05) is 37.3 Å². The molecule has 0 bridgehead atoms. The lowest BCUT2D eigenvalue weighted by Crippen LogP contribution is -2.36. The first-order valence-corrected chi connectivity index (χ1v) is 9.64. The van der Waals surface area contributed by atoms with Crippen LogP contribution in [0.25, 0.3) is 11.0 Å². The second-order valence-corrected chi connectivity index (χ2v) is 7.42. The van der Waals surface area contributed by atoms with Crippen molar-refractivity contribution in [2.45, 2.75) is 17.8 Å². The maximum atomic E-state index is 12.8. The Bertz CT molecular complexity index is 843. The van der Waals surface area contributed by atoms with Crippen LogP contribution in [0.4, 0.5) is 5.69 Å². The molecule has 3 aromatic rings. The molecule has 6 nitrogen and oxygen atoms in total. The highest BCUT2D eigenvalue weighted by atomic mass is 32.2. The summed E-state index contributed by atoms with van der Waals surface area (Å²) in [4.78, 5) is 14.3. The summed E-state index contributed by atoms with van der Waals surface area (Å²) in [6.45, 7) is 5.26. The first-order valence-electron chi connectivity index (χ1n) is 8.32. The number of aromatic amines is 1. The third-order valence-corrected chi connectivity index (χ3v) is 5.64. The van der Waals surface area contributed by atoms with Crippen LogP contribution in [-0.2, 0) is 21.7 Å². The van der Waals surface area contributed by atoms with Crippen LogP contribution in [-0.4, -0.2) is 45.8 Å². The number of H-pyrrole nitrogens is 1. The Morgan fingerprint density at radius 2 is 2.04 bits per heavy atom. The van der Waals surface area contributed by atoms with Gasteiger partial charge in [0.25, 0.3) is 0 Å². The van der Waals surface area contributed by atoms with Crippen molar-refractivity contribution in [3.05, 3.63) is 47.8 Å². The number of nitrogens with one attached hydrogen (secondary N) is 1. The van der Waals surface area contributed by atoms with E-state index >= 15 is 0 Å². The predicted molar refractivity (Wildman–Crippen MR) is 98.2 cm³/mol. The number of hydrogen-bond donors (Lipinski definition) is 1. The topological polar surface area (TPSA) is 77.1 Å². The molecule has 1 N–H and O–H groups in total. The number of benzene rings is 1. The molecule has 4 rings (SSSR count). The van der Waals surface area contributed by atoms with E-state index in [1.54, 1.807) is 6.20 Å². The van der Waals surface area contributed by atoms with Gasteiger partial charge in [0.1, 0.15) is 0 Å². The molecule has 1 saturated heterocycles. The molecule has 0 aliphatic carbocycles. The van der Waals surface area contributed by atoms with Crippen molar-refractivity contribution in [2.75, 3.05) is 31.2 Å². The number of pyridine rings is 1. The van der Waals surface area contributed by atoms with Crippen molar-refractivity contribution in [3.63, 3.8) is 0 Å². The highest BCUT2D eigenvalue weighted by Gasteiger charge is 2.21. The van der Waals surface area contributed by atoms with Gasteiger partial charge in [0.15, 0.2) is 5.75 Å². The third-order valence-electron chi connectivity index (χ3n) is 4.48. The van der Waals surface area contributed by atoms with Crippen molar-refractivity contribution in [2.24, 2.45) is 0 Å². The zero-order valence-electron chi connectivity index (χ0n) is 14.1. The second-order valence-electron chi connectivity index (χ2n) is 6.05. The van der Waals surface area contributed by atoms with E-state index in [0.717, 1.165) is 54.3 Å². The van der Waals surface area contributed by atoms with Crippen LogP contribution in [0, 0.1) is 6.92 Å². The number of rotatable bonds is 4. The van der Waals surface area contributed by atoms with Gasteiger partial charge in [-0.05, 0) is 30.7 Å². The lowest BCUT2D eigenvalue weighted by atomic mass is 10.1. The van der Waals surface area contributed by atoms with Gasteiger partial charge < -0.3 is 14.2 Å². The number of para-hydroxylation sites is 2. The summed E-state index contributed by atoms with van der Waals surface area (Å²) in [5.74, 6) is 0.351. The van der Waals surface area contributed by atoms with Gasteiger partial charge >= 0.3 is 5.16 Å². The Labute approximate surface area is 149 Å². The first kappa shape index (κ1) is 16.4. The molecule has 1 unspecified atom stereocenters. The molecule has 1 aliphatic rings. The zero-order chi connectivity index (χ0) is 17.2. The number of hydrogen-bond acceptors (Lipinski definition) is 5. The van der Waals surface area contributed by atoms with Crippen molar-refractivity contribution in [3.8, 4) is 0 Å². The van der Waals surface area contributed by atoms with Crippen molar-refractivity contribution < 1.29 is 9.29 Å². The van der Waals surface area contributed by atoms with Crippen LogP contribution in [0.5, 0.6) is 0 Å². The van der Waals surface area contributed by atoms with E-state index in [-0.39, 0.29) is 0 Å². The summed E-state index contributed by atoms with van der Waals surface area (Å²) >= 11 is -1.26. The van der Waals surface area contributed by atoms with Gasteiger partial charge in [-0.3, -0.25) is 9.97 Å². The molecule has 3 heterocycles. The normalized spacial score (nSPS) is 16.3. The predicted octanol–water partition coefficient (Wildman–Crippen LogP) is 2.41. The molecule has 1 aromatic carbocycles. The van der Waals surface area contributed by atoms with Crippen LogP contribution < -0.4 is 4.90 Å². The molecule has 0 radical (unpaired) electrons. The molecule has 0 saturated carbocycles. The average molecular weight is 356 g/mol. The number of anilines is 1. The monoisotopic (exact) mass is 356 g/mol. The van der Waals surface area contributed by atoms with E-state index in [0.29, 0.717) is 10.9 Å². The number of morpholine rings is 1. The van der Waals surface area contributed by atoms with E-state index < -0.39 is 11.2 Å². The maximum absolute atomic E-state index is 12.8. The minimum Gasteiger partial charge on any atom is -0.609 e. The van der Waals surface area contributed by atoms with Gasteiger partial charge in [0.05, 0.1) is 29.9 Å². The maximum Gasteiger partial charge on any atom is 0.322 e. The summed E-state index contributed by atoms with van der Waals surface area (Å²) in [7, 11) is 0. The van der Waals surface area contributed by atoms with Gasteiger partial charge in [-0.1, -0.05) is 12.1 Å². The molecule has 7 heteroatoms. The largest absolute Gasteiger partial charge is 0.609 e. The van der Waals surface area contributed by atoms with Crippen molar-refractivity contribution in [1.82, 2.24) is 15.0 Å². The molecular weight excluding hydrogens is 336 g/mol. The van der Waals surface area contributed by atoms with Crippen LogP contribution in [0.2, 0.25) is 0 Å². The first-order chi connectivity index (χ1) is 12.2. The summed E-state index contributed by atoms with van der Waals surface area (Å²) in [5, 5.41) is 0.499. The second kappa shape index (κ2) is 7.03. The average Bonchev–Trinajstić information content (AvgIpc) is 3.08. The van der Waals surface area contributed by atoms with Gasteiger partial charge in [0.2, 0.25) is 0 Å². The van der Waals surface area contributed by atoms with Crippen LogP contribution in [0.15, 0.2) is 41.7 Å². The quantitative estimate of drug-likeness (QED) is 0.727. The van der Waals surface area contributed by atoms with E-state index in [2.05, 4.69) is 19.9 Å². The minimum atomic E-state index is -1.26. The zero-order valence-corrected chi connectivity index (χ0v) is 14.9. The number of aromatic nitrogens is 3. The molecule has 1 atom stereocenters. The van der Waals surface area contributed by atoms with Gasteiger partial charge in [0, 0.05) is 36.1 Å². The molecule has 1 aliphatic heterocycles. The molecule has 130 valence electrons. The molecule has 0 spiro atoms. The Morgan fingerprint density at radius 3 is 2.84 bits per heavy atom. The summed E-state index contributed by atoms with van der Waals surface area (Å²) < 4.78 is 18.2. The fraction of sp³-hybridized carbons (Fsp3) is 0.333. The minimum absolute atomic E-state index is 0.351. The molecular formula is C18H20N4O2S. The fourth-order valence-electron chi connectivity index (χ4n) is 3.09. The Kier molecular flexibility index (Phi) is 4.61. The van der Waals surface area contributed by atoms with Crippen molar-refractivity contribution >= 4 is 27.9 Å². The van der Waals surface area contributed by atoms with E-state index in [1.165, 1.54) is 0 Å². The number of ether oxygens (including phenoxy) is 1. The summed E-state index contributed by atoms with van der Waals surface area (Å²) in [6.07, 6.45) is 1.79. The number of nitrogens with zero attached hydrogens (tertiary/aromatic N) is 3. The van der Waals surface area contributed by atoms with Gasteiger partial charge in [-0.15, -0.1) is 0 Å². The number of imidazole rings is 1. The van der Waals surface area contributed by atoms with E-state index in [4.69, 9.17) is 4.74 Å². The lowest BCUT2D eigenvalue weighted by Gasteiger charge is -2.30. The molecule has 1 fully saturated rings. The highest BCUT2D eigenvalue weighted by molar-refractivity contribution is 7.90. The SMILES string of the molecule is Cc1c(N2CCOCC2)ccnc1C[S+]([O-])c1nc2ccccc2[nH]1. The van der Waals surface area contributed by atoms with Crippen LogP contribution >= 0.6 is 0 Å². The Hall–Kier alpha value is -2.09.